The second-order valence-electron chi connectivity index (χ2n) is 2.96. The summed E-state index contributed by atoms with van der Waals surface area (Å²) in [5.41, 5.74) is -0.909. The van der Waals surface area contributed by atoms with Crippen LogP contribution in [0, 0.1) is 18.3 Å². The molecular weight excluding hydrogens is 218 g/mol. The number of carbonyl (C=O) groups excluding carboxylic acids is 1. The summed E-state index contributed by atoms with van der Waals surface area (Å²) >= 11 is 0. The quantitative estimate of drug-likeness (QED) is 0.723. The number of hydrogen-bond acceptors (Lipinski definition) is 4. The van der Waals surface area contributed by atoms with Crippen LogP contribution in [-0.2, 0) is 4.74 Å². The zero-order valence-electron chi connectivity index (χ0n) is 8.62. The van der Waals surface area contributed by atoms with Gasteiger partial charge >= 0.3 is 5.97 Å². The lowest BCUT2D eigenvalue weighted by Crippen LogP contribution is -2.09. The van der Waals surface area contributed by atoms with Crippen LogP contribution >= 0.6 is 0 Å². The number of aryl methyl sites for hydroxylation is 1. The molecule has 0 aliphatic heterocycles. The average molecular weight is 226 g/mol. The Morgan fingerprint density at radius 3 is 2.69 bits per heavy atom. The highest BCUT2D eigenvalue weighted by atomic mass is 19.3. The Balaban J connectivity index is 3.39. The number of rotatable bonds is 2. The molecule has 0 bridgehead atoms. The van der Waals surface area contributed by atoms with Gasteiger partial charge in [0.25, 0.3) is 6.43 Å². The molecule has 0 atom stereocenters. The van der Waals surface area contributed by atoms with Crippen molar-refractivity contribution in [2.45, 2.75) is 13.3 Å². The monoisotopic (exact) mass is 226 g/mol. The minimum absolute atomic E-state index is 0.0468. The smallest absolute Gasteiger partial charge is 0.356 e. The Morgan fingerprint density at radius 2 is 2.25 bits per heavy atom. The molecule has 84 valence electrons. The van der Waals surface area contributed by atoms with Crippen molar-refractivity contribution in [3.05, 3.63) is 28.6 Å². The van der Waals surface area contributed by atoms with Gasteiger partial charge in [0.05, 0.1) is 24.3 Å². The Morgan fingerprint density at radius 1 is 1.62 bits per heavy atom. The molecule has 0 amide bonds. The van der Waals surface area contributed by atoms with E-state index in [4.69, 9.17) is 5.26 Å². The third kappa shape index (κ3) is 2.14. The molecule has 4 nitrogen and oxygen atoms in total. The van der Waals surface area contributed by atoms with Crippen molar-refractivity contribution in [2.24, 2.45) is 0 Å². The molecular formula is C10H8F2N2O2. The van der Waals surface area contributed by atoms with Gasteiger partial charge in [-0.3, -0.25) is 0 Å². The first kappa shape index (κ1) is 12.0. The molecule has 1 aromatic rings. The fourth-order valence-corrected chi connectivity index (χ4v) is 1.26. The first-order valence-corrected chi connectivity index (χ1v) is 4.29. The van der Waals surface area contributed by atoms with Crippen LogP contribution in [0.15, 0.2) is 6.07 Å². The summed E-state index contributed by atoms with van der Waals surface area (Å²) in [6.45, 7) is 1.31. The summed E-state index contributed by atoms with van der Waals surface area (Å²) < 4.78 is 29.6. The van der Waals surface area contributed by atoms with Gasteiger partial charge in [0.1, 0.15) is 5.69 Å². The van der Waals surface area contributed by atoms with Crippen LogP contribution in [0.2, 0.25) is 0 Å². The van der Waals surface area contributed by atoms with E-state index in [0.29, 0.717) is 0 Å². The number of nitrogens with zero attached hydrogens (tertiary/aromatic N) is 2. The number of halogens is 2. The van der Waals surface area contributed by atoms with E-state index in [1.807, 2.05) is 0 Å². The number of ether oxygens (including phenoxy) is 1. The topological polar surface area (TPSA) is 63.0 Å². The molecule has 0 saturated heterocycles. The predicted octanol–water partition coefficient (Wildman–Crippen LogP) is 1.99. The van der Waals surface area contributed by atoms with Crippen LogP contribution in [-0.4, -0.2) is 18.1 Å². The summed E-state index contributed by atoms with van der Waals surface area (Å²) in [6, 6.07) is 2.61. The molecule has 0 radical (unpaired) electrons. The summed E-state index contributed by atoms with van der Waals surface area (Å²) in [7, 11) is 1.15. The van der Waals surface area contributed by atoms with E-state index in [2.05, 4.69) is 9.72 Å². The van der Waals surface area contributed by atoms with E-state index in [1.165, 1.54) is 6.92 Å². The second kappa shape index (κ2) is 4.66. The summed E-state index contributed by atoms with van der Waals surface area (Å²) in [6.07, 6.45) is -2.80. The van der Waals surface area contributed by atoms with Crippen LogP contribution in [0.25, 0.3) is 0 Å². The number of nitriles is 1. The molecule has 0 aromatic carbocycles. The SMILES string of the molecule is COC(=O)c1cc(C#N)c(C(F)F)c(C)n1. The van der Waals surface area contributed by atoms with Gasteiger partial charge in [-0.05, 0) is 13.0 Å². The van der Waals surface area contributed by atoms with Crippen molar-refractivity contribution in [3.63, 3.8) is 0 Å². The van der Waals surface area contributed by atoms with Crippen molar-refractivity contribution in [3.8, 4) is 6.07 Å². The summed E-state index contributed by atoms with van der Waals surface area (Å²) in [5.74, 6) is -0.764. The molecule has 0 aliphatic carbocycles. The number of hydrogen-bond donors (Lipinski definition) is 0. The highest BCUT2D eigenvalue weighted by Gasteiger charge is 2.20. The third-order valence-electron chi connectivity index (χ3n) is 1.98. The van der Waals surface area contributed by atoms with Gasteiger partial charge < -0.3 is 4.74 Å². The fourth-order valence-electron chi connectivity index (χ4n) is 1.26. The molecule has 1 rings (SSSR count). The number of aromatic nitrogens is 1. The van der Waals surface area contributed by atoms with Crippen LogP contribution in [0.1, 0.15) is 33.7 Å². The Bertz CT molecular complexity index is 467. The molecule has 0 fully saturated rings. The average Bonchev–Trinajstić information content (AvgIpc) is 2.26. The number of methoxy groups -OCH3 is 1. The van der Waals surface area contributed by atoms with Crippen molar-refractivity contribution < 1.29 is 18.3 Å². The van der Waals surface area contributed by atoms with Crippen molar-refractivity contribution >= 4 is 5.97 Å². The van der Waals surface area contributed by atoms with E-state index in [0.717, 1.165) is 13.2 Å². The second-order valence-corrected chi connectivity index (χ2v) is 2.96. The molecule has 1 aromatic heterocycles. The Hall–Kier alpha value is -2.03. The Kier molecular flexibility index (Phi) is 3.51. The lowest BCUT2D eigenvalue weighted by molar-refractivity contribution is 0.0593. The van der Waals surface area contributed by atoms with E-state index < -0.39 is 18.0 Å². The molecule has 16 heavy (non-hydrogen) atoms. The normalized spacial score (nSPS) is 10.0. The summed E-state index contributed by atoms with van der Waals surface area (Å²) in [5, 5.41) is 8.71. The highest BCUT2D eigenvalue weighted by Crippen LogP contribution is 2.25. The van der Waals surface area contributed by atoms with Crippen LogP contribution in [0.4, 0.5) is 8.78 Å². The predicted molar refractivity (Wildman–Crippen MR) is 50.0 cm³/mol. The third-order valence-corrected chi connectivity index (χ3v) is 1.98. The molecule has 6 heteroatoms. The molecule has 0 spiro atoms. The van der Waals surface area contributed by atoms with Gasteiger partial charge in [-0.25, -0.2) is 18.6 Å². The van der Waals surface area contributed by atoms with E-state index in [1.54, 1.807) is 6.07 Å². The molecule has 0 N–H and O–H groups in total. The maximum Gasteiger partial charge on any atom is 0.356 e. The molecule has 1 heterocycles. The molecule has 0 saturated carbocycles. The van der Waals surface area contributed by atoms with Crippen molar-refractivity contribution in [1.82, 2.24) is 4.98 Å². The largest absolute Gasteiger partial charge is 0.464 e. The minimum Gasteiger partial charge on any atom is -0.464 e. The maximum atomic E-state index is 12.6. The van der Waals surface area contributed by atoms with Crippen LogP contribution in [0.3, 0.4) is 0 Å². The van der Waals surface area contributed by atoms with Gasteiger partial charge in [-0.1, -0.05) is 0 Å². The van der Waals surface area contributed by atoms with Crippen LogP contribution in [0.5, 0.6) is 0 Å². The van der Waals surface area contributed by atoms with Gasteiger partial charge in [0, 0.05) is 5.69 Å². The van der Waals surface area contributed by atoms with Crippen molar-refractivity contribution in [2.75, 3.05) is 7.11 Å². The van der Waals surface area contributed by atoms with Crippen molar-refractivity contribution in [1.29, 1.82) is 5.26 Å². The minimum atomic E-state index is -2.80. The van der Waals surface area contributed by atoms with E-state index in [-0.39, 0.29) is 17.0 Å². The number of carbonyl (C=O) groups is 1. The number of pyridine rings is 1. The standard InChI is InChI=1S/C10H8F2N2O2/c1-5-8(9(11)12)6(4-13)3-7(14-5)10(15)16-2/h3,9H,1-2H3. The highest BCUT2D eigenvalue weighted by molar-refractivity contribution is 5.87. The Labute approximate surface area is 90.5 Å². The lowest BCUT2D eigenvalue weighted by Gasteiger charge is -2.08. The van der Waals surface area contributed by atoms with E-state index in [9.17, 15) is 13.6 Å². The molecule has 0 unspecified atom stereocenters. The lowest BCUT2D eigenvalue weighted by atomic mass is 10.1. The zero-order chi connectivity index (χ0) is 12.3. The van der Waals surface area contributed by atoms with E-state index >= 15 is 0 Å². The first-order valence-electron chi connectivity index (χ1n) is 4.29. The zero-order valence-corrected chi connectivity index (χ0v) is 8.62. The number of esters is 1. The number of alkyl halides is 2. The first-order chi connectivity index (χ1) is 7.51. The molecule has 0 aliphatic rings. The van der Waals surface area contributed by atoms with Gasteiger partial charge in [-0.2, -0.15) is 5.26 Å². The van der Waals surface area contributed by atoms with Gasteiger partial charge in [0.15, 0.2) is 0 Å². The summed E-state index contributed by atoms with van der Waals surface area (Å²) in [4.78, 5) is 14.8. The maximum absolute atomic E-state index is 12.6. The van der Waals surface area contributed by atoms with Gasteiger partial charge in [-0.15, -0.1) is 0 Å². The fraction of sp³-hybridized carbons (Fsp3) is 0.300. The van der Waals surface area contributed by atoms with Gasteiger partial charge in [0.2, 0.25) is 0 Å². The van der Waals surface area contributed by atoms with Crippen LogP contribution < -0.4 is 0 Å².